The molecule has 6 aromatic carbocycles. The Morgan fingerprint density at radius 3 is 2.00 bits per heavy atom. The van der Waals surface area contributed by atoms with E-state index in [0.29, 0.717) is 5.82 Å². The number of hydrogen-bond acceptors (Lipinski definition) is 4. The van der Waals surface area contributed by atoms with Gasteiger partial charge < -0.3 is 0 Å². The van der Waals surface area contributed by atoms with Crippen LogP contribution in [0.1, 0.15) is 0 Å². The molecule has 0 spiro atoms. The highest BCUT2D eigenvalue weighted by Gasteiger charge is 2.18. The Kier molecular flexibility index (Phi) is 6.00. The van der Waals surface area contributed by atoms with Gasteiger partial charge in [0.25, 0.3) is 0 Å². The summed E-state index contributed by atoms with van der Waals surface area (Å²) in [4.78, 5) is 15.3. The second kappa shape index (κ2) is 10.5. The molecule has 210 valence electrons. The first-order valence-corrected chi connectivity index (χ1v) is 15.8. The number of aromatic nitrogens is 3. The van der Waals surface area contributed by atoms with Gasteiger partial charge in [-0.15, -0.1) is 11.3 Å². The Labute approximate surface area is 264 Å². The lowest BCUT2D eigenvalue weighted by molar-refractivity contribution is 1.24. The van der Waals surface area contributed by atoms with Gasteiger partial charge in [-0.25, -0.2) is 9.97 Å². The van der Waals surface area contributed by atoms with Crippen LogP contribution in [0.25, 0.3) is 86.9 Å². The lowest BCUT2D eigenvalue weighted by Gasteiger charge is -2.14. The number of rotatable bonds is 4. The van der Waals surface area contributed by atoms with E-state index in [0.717, 1.165) is 49.2 Å². The molecule has 0 saturated carbocycles. The number of hydrogen-bond donors (Lipinski definition) is 0. The van der Waals surface area contributed by atoms with Crippen LogP contribution in [0.5, 0.6) is 0 Å². The van der Waals surface area contributed by atoms with E-state index >= 15 is 0 Å². The van der Waals surface area contributed by atoms with Gasteiger partial charge in [0.05, 0.1) is 21.6 Å². The van der Waals surface area contributed by atoms with E-state index in [1.165, 1.54) is 31.8 Å². The molecule has 0 aliphatic heterocycles. The molecule has 0 fully saturated rings. The molecular formula is C41H25N3S. The lowest BCUT2D eigenvalue weighted by Crippen LogP contribution is -1.95. The minimum Gasteiger partial charge on any atom is -0.256 e. The van der Waals surface area contributed by atoms with Crippen LogP contribution in [0.3, 0.4) is 0 Å². The number of nitrogens with zero attached hydrogens (tertiary/aromatic N) is 3. The van der Waals surface area contributed by atoms with E-state index in [9.17, 15) is 0 Å². The SMILES string of the molecule is c1ccc(-c2nc(-c3cc(-c4ccccn4)cc(-c4cc5ccccc5c5ccccc45)c3)nc3c2sc2ccccc23)cc1. The fraction of sp³-hybridized carbons (Fsp3) is 0. The Balaban J connectivity index is 1.36. The molecule has 3 aromatic heterocycles. The van der Waals surface area contributed by atoms with Crippen molar-refractivity contribution < 1.29 is 0 Å². The average molecular weight is 592 g/mol. The topological polar surface area (TPSA) is 38.7 Å². The number of fused-ring (bicyclic) bond motifs is 6. The first-order chi connectivity index (χ1) is 22.3. The molecule has 45 heavy (non-hydrogen) atoms. The van der Waals surface area contributed by atoms with Crippen molar-refractivity contribution in [3.8, 4) is 45.0 Å². The molecule has 3 heterocycles. The first-order valence-electron chi connectivity index (χ1n) is 15.0. The van der Waals surface area contributed by atoms with Gasteiger partial charge in [-0.3, -0.25) is 4.98 Å². The summed E-state index contributed by atoms with van der Waals surface area (Å²) in [6.45, 7) is 0. The molecule has 0 N–H and O–H groups in total. The zero-order chi connectivity index (χ0) is 29.7. The molecule has 3 nitrogen and oxygen atoms in total. The zero-order valence-corrected chi connectivity index (χ0v) is 25.0. The second-order valence-corrected chi connectivity index (χ2v) is 12.3. The summed E-state index contributed by atoms with van der Waals surface area (Å²) in [6, 6.07) is 51.3. The molecular weight excluding hydrogens is 567 g/mol. The van der Waals surface area contributed by atoms with Gasteiger partial charge >= 0.3 is 0 Å². The largest absolute Gasteiger partial charge is 0.256 e. The fourth-order valence-corrected chi connectivity index (χ4v) is 7.55. The maximum absolute atomic E-state index is 5.30. The number of benzene rings is 6. The monoisotopic (exact) mass is 591 g/mol. The Hall–Kier alpha value is -5.71. The third-order valence-corrected chi connectivity index (χ3v) is 9.66. The maximum atomic E-state index is 5.30. The van der Waals surface area contributed by atoms with E-state index in [-0.39, 0.29) is 0 Å². The van der Waals surface area contributed by atoms with Crippen molar-refractivity contribution in [1.82, 2.24) is 15.0 Å². The van der Waals surface area contributed by atoms with Gasteiger partial charge in [0.2, 0.25) is 0 Å². The molecule has 9 rings (SSSR count). The Morgan fingerprint density at radius 2 is 1.16 bits per heavy atom. The molecule has 0 bridgehead atoms. The maximum Gasteiger partial charge on any atom is 0.160 e. The van der Waals surface area contributed by atoms with Crippen LogP contribution in [0.4, 0.5) is 0 Å². The van der Waals surface area contributed by atoms with Gasteiger partial charge in [-0.1, -0.05) is 103 Å². The predicted octanol–water partition coefficient (Wildman–Crippen LogP) is 11.2. The van der Waals surface area contributed by atoms with Crippen molar-refractivity contribution in [1.29, 1.82) is 0 Å². The average Bonchev–Trinajstić information content (AvgIpc) is 3.50. The van der Waals surface area contributed by atoms with Crippen LogP contribution in [0, 0.1) is 0 Å². The minimum atomic E-state index is 0.703. The molecule has 0 aliphatic carbocycles. The summed E-state index contributed by atoms with van der Waals surface area (Å²) in [6.07, 6.45) is 1.85. The molecule has 0 aliphatic rings. The molecule has 0 unspecified atom stereocenters. The molecule has 0 atom stereocenters. The van der Waals surface area contributed by atoms with Crippen molar-refractivity contribution in [3.05, 3.63) is 152 Å². The number of pyridine rings is 1. The minimum absolute atomic E-state index is 0.703. The second-order valence-electron chi connectivity index (χ2n) is 11.2. The fourth-order valence-electron chi connectivity index (χ4n) is 6.40. The molecule has 0 amide bonds. The van der Waals surface area contributed by atoms with E-state index in [1.54, 1.807) is 11.3 Å². The summed E-state index contributed by atoms with van der Waals surface area (Å²) in [5.41, 5.74) is 8.21. The highest BCUT2D eigenvalue weighted by Crippen LogP contribution is 2.41. The van der Waals surface area contributed by atoms with Crippen LogP contribution in [0.2, 0.25) is 0 Å². The Morgan fingerprint density at radius 1 is 0.467 bits per heavy atom. The van der Waals surface area contributed by atoms with E-state index in [4.69, 9.17) is 15.0 Å². The molecule has 9 aromatic rings. The van der Waals surface area contributed by atoms with Crippen molar-refractivity contribution in [2.24, 2.45) is 0 Å². The van der Waals surface area contributed by atoms with Crippen LogP contribution in [-0.2, 0) is 0 Å². The third-order valence-electron chi connectivity index (χ3n) is 8.50. The lowest BCUT2D eigenvalue weighted by atomic mass is 9.91. The summed E-state index contributed by atoms with van der Waals surface area (Å²) in [5.74, 6) is 0.703. The normalized spacial score (nSPS) is 11.6. The van der Waals surface area contributed by atoms with Crippen molar-refractivity contribution >= 4 is 53.2 Å². The zero-order valence-electron chi connectivity index (χ0n) is 24.2. The van der Waals surface area contributed by atoms with Crippen molar-refractivity contribution in [2.45, 2.75) is 0 Å². The third kappa shape index (κ3) is 4.38. The van der Waals surface area contributed by atoms with Crippen LogP contribution >= 0.6 is 11.3 Å². The van der Waals surface area contributed by atoms with Crippen LogP contribution in [-0.4, -0.2) is 15.0 Å². The van der Waals surface area contributed by atoms with Gasteiger partial charge in [0.1, 0.15) is 0 Å². The summed E-state index contributed by atoms with van der Waals surface area (Å²) >= 11 is 1.75. The van der Waals surface area contributed by atoms with Crippen LogP contribution < -0.4 is 0 Å². The molecule has 4 heteroatoms. The summed E-state index contributed by atoms with van der Waals surface area (Å²) in [7, 11) is 0. The number of thiophene rings is 1. The van der Waals surface area contributed by atoms with Gasteiger partial charge in [-0.05, 0) is 75.1 Å². The van der Waals surface area contributed by atoms with Gasteiger partial charge in [0, 0.05) is 33.0 Å². The van der Waals surface area contributed by atoms with Crippen molar-refractivity contribution in [3.63, 3.8) is 0 Å². The van der Waals surface area contributed by atoms with Gasteiger partial charge in [-0.2, -0.15) is 0 Å². The van der Waals surface area contributed by atoms with E-state index in [2.05, 4.69) is 127 Å². The van der Waals surface area contributed by atoms with Gasteiger partial charge in [0.15, 0.2) is 5.82 Å². The van der Waals surface area contributed by atoms with Crippen LogP contribution in [0.15, 0.2) is 152 Å². The summed E-state index contributed by atoms with van der Waals surface area (Å²) < 4.78 is 2.31. The van der Waals surface area contributed by atoms with E-state index < -0.39 is 0 Å². The first kappa shape index (κ1) is 25.8. The molecule has 0 radical (unpaired) electrons. The standard InChI is InChI=1S/C41H25N3S/c1-2-12-26(13-3-1)38-40-39(34-18-8-9-20-37(34)45-40)44-41(43-38)30-23-28(22-29(24-30)36-19-10-11-21-42-36)35-25-27-14-4-5-15-31(27)32-16-6-7-17-33(32)35/h1-25H. The van der Waals surface area contributed by atoms with E-state index in [1.807, 2.05) is 24.4 Å². The highest BCUT2D eigenvalue weighted by atomic mass is 32.1. The highest BCUT2D eigenvalue weighted by molar-refractivity contribution is 7.26. The Bertz CT molecular complexity index is 2540. The quantitative estimate of drug-likeness (QED) is 0.191. The smallest absolute Gasteiger partial charge is 0.160 e. The van der Waals surface area contributed by atoms with Crippen molar-refractivity contribution in [2.75, 3.05) is 0 Å². The summed E-state index contributed by atoms with van der Waals surface area (Å²) in [5, 5.41) is 6.07. The molecule has 0 saturated heterocycles. The predicted molar refractivity (Wildman–Crippen MR) is 189 cm³/mol.